The fraction of sp³-hybridized carbons (Fsp3) is 0.529. The van der Waals surface area contributed by atoms with Crippen molar-refractivity contribution in [2.45, 2.75) is 33.2 Å². The van der Waals surface area contributed by atoms with Gasteiger partial charge in [-0.25, -0.2) is 0 Å². The van der Waals surface area contributed by atoms with E-state index in [-0.39, 0.29) is 17.9 Å². The highest BCUT2D eigenvalue weighted by Crippen LogP contribution is 2.27. The van der Waals surface area contributed by atoms with Crippen molar-refractivity contribution in [2.75, 3.05) is 25.2 Å². The maximum Gasteiger partial charge on any atom is 0.239 e. The summed E-state index contributed by atoms with van der Waals surface area (Å²) in [6.07, 6.45) is 0.553. The molecule has 1 saturated heterocycles. The van der Waals surface area contributed by atoms with Crippen molar-refractivity contribution in [1.82, 2.24) is 5.32 Å². The minimum Gasteiger partial charge on any atom is -0.383 e. The Morgan fingerprint density at radius 2 is 2.14 bits per heavy atom. The van der Waals surface area contributed by atoms with E-state index < -0.39 is 5.92 Å². The van der Waals surface area contributed by atoms with Crippen LogP contribution >= 0.6 is 0 Å². The van der Waals surface area contributed by atoms with Crippen molar-refractivity contribution in [3.8, 4) is 0 Å². The van der Waals surface area contributed by atoms with E-state index in [1.165, 1.54) is 5.56 Å². The molecule has 1 aromatic rings. The normalized spacial score (nSPS) is 19.4. The summed E-state index contributed by atoms with van der Waals surface area (Å²) in [6, 6.07) is 5.85. The minimum atomic E-state index is -0.596. The molecule has 0 unspecified atom stereocenters. The number of carbonyl (C=O) groups excluding carboxylic acids is 2. The molecule has 0 aromatic heterocycles. The zero-order valence-electron chi connectivity index (χ0n) is 13.7. The Kier molecular flexibility index (Phi) is 5.19. The minimum absolute atomic E-state index is 0.0963. The first-order valence-corrected chi connectivity index (χ1v) is 7.62. The lowest BCUT2D eigenvalue weighted by molar-refractivity contribution is -0.132. The predicted molar refractivity (Wildman–Crippen MR) is 85.9 cm³/mol. The third-order valence-corrected chi connectivity index (χ3v) is 4.13. The zero-order chi connectivity index (χ0) is 16.3. The molecule has 1 N–H and O–H groups in total. The summed E-state index contributed by atoms with van der Waals surface area (Å²) in [7, 11) is 1.59. The molecule has 1 aromatic carbocycles. The van der Waals surface area contributed by atoms with Gasteiger partial charge in [-0.1, -0.05) is 6.07 Å². The lowest BCUT2D eigenvalue weighted by atomic mass is 10.1. The largest absolute Gasteiger partial charge is 0.383 e. The van der Waals surface area contributed by atoms with Crippen molar-refractivity contribution in [1.29, 1.82) is 0 Å². The first kappa shape index (κ1) is 16.5. The van der Waals surface area contributed by atoms with Crippen LogP contribution in [0.25, 0.3) is 0 Å². The predicted octanol–water partition coefficient (Wildman–Crippen LogP) is 1.81. The standard InChI is InChI=1S/C17H24N2O3/c1-11-5-6-14(9-12(11)2)19-8-7-15(17(19)21)16(20)18-13(3)10-22-4/h5-6,9,13,15H,7-8,10H2,1-4H3,(H,18,20)/t13-,15+/m0/s1. The van der Waals surface area contributed by atoms with Gasteiger partial charge in [0.15, 0.2) is 0 Å². The number of nitrogens with one attached hydrogen (secondary N) is 1. The van der Waals surface area contributed by atoms with Gasteiger partial charge >= 0.3 is 0 Å². The van der Waals surface area contributed by atoms with Crippen LogP contribution in [0.1, 0.15) is 24.5 Å². The second-order valence-corrected chi connectivity index (χ2v) is 5.96. The Labute approximate surface area is 131 Å². The molecule has 0 bridgehead atoms. The summed E-state index contributed by atoms with van der Waals surface area (Å²) >= 11 is 0. The number of hydrogen-bond acceptors (Lipinski definition) is 3. The molecular formula is C17H24N2O3. The smallest absolute Gasteiger partial charge is 0.239 e. The number of benzene rings is 1. The molecule has 0 saturated carbocycles. The van der Waals surface area contributed by atoms with Gasteiger partial charge in [0.25, 0.3) is 0 Å². The lowest BCUT2D eigenvalue weighted by Crippen LogP contribution is -2.42. The molecule has 0 spiro atoms. The van der Waals surface area contributed by atoms with E-state index >= 15 is 0 Å². The summed E-state index contributed by atoms with van der Waals surface area (Å²) in [5, 5.41) is 2.83. The molecule has 120 valence electrons. The van der Waals surface area contributed by atoms with Crippen LogP contribution in [0, 0.1) is 19.8 Å². The average molecular weight is 304 g/mol. The van der Waals surface area contributed by atoms with Gasteiger partial charge in [0.2, 0.25) is 11.8 Å². The van der Waals surface area contributed by atoms with Gasteiger partial charge in [0, 0.05) is 25.4 Å². The first-order valence-electron chi connectivity index (χ1n) is 7.62. The molecule has 2 atom stereocenters. The molecule has 2 amide bonds. The molecule has 0 aliphatic carbocycles. The SMILES string of the molecule is COC[C@H](C)NC(=O)[C@H]1CCN(c2ccc(C)c(C)c2)C1=O. The van der Waals surface area contributed by atoms with Crippen LogP contribution in [-0.4, -0.2) is 38.1 Å². The quantitative estimate of drug-likeness (QED) is 0.844. The van der Waals surface area contributed by atoms with Crippen LogP contribution in [0.15, 0.2) is 18.2 Å². The van der Waals surface area contributed by atoms with E-state index in [2.05, 4.69) is 5.32 Å². The Morgan fingerprint density at radius 1 is 1.41 bits per heavy atom. The van der Waals surface area contributed by atoms with E-state index in [4.69, 9.17) is 4.74 Å². The van der Waals surface area contributed by atoms with Crippen LogP contribution in [0.2, 0.25) is 0 Å². The number of amides is 2. The highest BCUT2D eigenvalue weighted by Gasteiger charge is 2.37. The highest BCUT2D eigenvalue weighted by molar-refractivity contribution is 6.09. The van der Waals surface area contributed by atoms with E-state index in [1.54, 1.807) is 12.0 Å². The summed E-state index contributed by atoms with van der Waals surface area (Å²) in [5.74, 6) is -0.924. The molecule has 1 heterocycles. The van der Waals surface area contributed by atoms with Crippen LogP contribution in [0.4, 0.5) is 5.69 Å². The van der Waals surface area contributed by atoms with Gasteiger partial charge in [0.05, 0.1) is 6.61 Å². The van der Waals surface area contributed by atoms with Gasteiger partial charge in [-0.05, 0) is 50.5 Å². The van der Waals surface area contributed by atoms with Crippen molar-refractivity contribution < 1.29 is 14.3 Å². The van der Waals surface area contributed by atoms with Crippen molar-refractivity contribution in [3.05, 3.63) is 29.3 Å². The molecular weight excluding hydrogens is 280 g/mol. The second-order valence-electron chi connectivity index (χ2n) is 5.96. The molecule has 22 heavy (non-hydrogen) atoms. The highest BCUT2D eigenvalue weighted by atomic mass is 16.5. The lowest BCUT2D eigenvalue weighted by Gasteiger charge is -2.19. The van der Waals surface area contributed by atoms with E-state index in [9.17, 15) is 9.59 Å². The maximum absolute atomic E-state index is 12.5. The van der Waals surface area contributed by atoms with E-state index in [0.29, 0.717) is 19.6 Å². The Hall–Kier alpha value is -1.88. The zero-order valence-corrected chi connectivity index (χ0v) is 13.7. The number of aryl methyl sites for hydroxylation is 2. The third kappa shape index (κ3) is 3.47. The number of methoxy groups -OCH3 is 1. The molecule has 1 aliphatic heterocycles. The fourth-order valence-electron chi connectivity index (χ4n) is 2.71. The van der Waals surface area contributed by atoms with Gasteiger partial charge in [-0.2, -0.15) is 0 Å². The fourth-order valence-corrected chi connectivity index (χ4v) is 2.71. The third-order valence-electron chi connectivity index (χ3n) is 4.13. The molecule has 5 nitrogen and oxygen atoms in total. The molecule has 5 heteroatoms. The molecule has 2 rings (SSSR count). The van der Waals surface area contributed by atoms with Crippen molar-refractivity contribution in [2.24, 2.45) is 5.92 Å². The van der Waals surface area contributed by atoms with Gasteiger partial charge in [-0.15, -0.1) is 0 Å². The summed E-state index contributed by atoms with van der Waals surface area (Å²) < 4.78 is 5.00. The number of hydrogen-bond donors (Lipinski definition) is 1. The van der Waals surface area contributed by atoms with Crippen LogP contribution in [0.5, 0.6) is 0 Å². The summed E-state index contributed by atoms with van der Waals surface area (Å²) in [6.45, 7) is 6.95. The van der Waals surface area contributed by atoms with E-state index in [1.807, 2.05) is 39.0 Å². The summed E-state index contributed by atoms with van der Waals surface area (Å²) in [4.78, 5) is 26.4. The number of ether oxygens (including phenoxy) is 1. The first-order chi connectivity index (χ1) is 10.4. The number of nitrogens with zero attached hydrogens (tertiary/aromatic N) is 1. The van der Waals surface area contributed by atoms with Crippen molar-refractivity contribution in [3.63, 3.8) is 0 Å². The maximum atomic E-state index is 12.5. The monoisotopic (exact) mass is 304 g/mol. The van der Waals surface area contributed by atoms with Crippen LogP contribution in [-0.2, 0) is 14.3 Å². The summed E-state index contributed by atoms with van der Waals surface area (Å²) in [5.41, 5.74) is 3.21. The van der Waals surface area contributed by atoms with Crippen LogP contribution in [0.3, 0.4) is 0 Å². The van der Waals surface area contributed by atoms with Gasteiger partial charge in [0.1, 0.15) is 5.92 Å². The van der Waals surface area contributed by atoms with Gasteiger partial charge < -0.3 is 15.0 Å². The van der Waals surface area contributed by atoms with Crippen LogP contribution < -0.4 is 10.2 Å². The number of rotatable bonds is 5. The number of carbonyl (C=O) groups is 2. The van der Waals surface area contributed by atoms with E-state index in [0.717, 1.165) is 11.3 Å². The topological polar surface area (TPSA) is 58.6 Å². The molecule has 0 radical (unpaired) electrons. The Morgan fingerprint density at radius 3 is 2.77 bits per heavy atom. The molecule has 1 fully saturated rings. The Balaban J connectivity index is 2.06. The van der Waals surface area contributed by atoms with Gasteiger partial charge in [-0.3, -0.25) is 9.59 Å². The average Bonchev–Trinajstić information content (AvgIpc) is 2.84. The Bertz CT molecular complexity index is 571. The molecule has 1 aliphatic rings. The van der Waals surface area contributed by atoms with Crippen molar-refractivity contribution >= 4 is 17.5 Å². The number of anilines is 1. The second kappa shape index (κ2) is 6.92.